The maximum Gasteiger partial charge on any atom is 0.271 e. The predicted molar refractivity (Wildman–Crippen MR) is 126 cm³/mol. The molecule has 1 aromatic heterocycles. The predicted octanol–water partition coefficient (Wildman–Crippen LogP) is 1.54. The van der Waals surface area contributed by atoms with Crippen LogP contribution in [0.5, 0.6) is 5.75 Å². The summed E-state index contributed by atoms with van der Waals surface area (Å²) >= 11 is 0. The Morgan fingerprint density at radius 2 is 2.00 bits per heavy atom. The van der Waals surface area contributed by atoms with E-state index in [1.165, 1.54) is 0 Å². The number of rotatable bonds is 6. The Morgan fingerprint density at radius 3 is 2.62 bits per heavy atom. The number of benzene rings is 1. The number of nitrogens with one attached hydrogen (secondary N) is 2. The van der Waals surface area contributed by atoms with E-state index in [-0.39, 0.29) is 12.5 Å². The number of hydrogen-bond acceptors (Lipinski definition) is 7. The van der Waals surface area contributed by atoms with E-state index in [9.17, 15) is 18.3 Å². The van der Waals surface area contributed by atoms with Gasteiger partial charge < -0.3 is 19.5 Å². The third-order valence-corrected chi connectivity index (χ3v) is 7.30. The number of carbonyl (C=O) groups excluding carboxylic acids is 1. The van der Waals surface area contributed by atoms with Crippen molar-refractivity contribution in [2.45, 2.75) is 50.4 Å². The van der Waals surface area contributed by atoms with E-state index in [1.807, 2.05) is 31.2 Å². The smallest absolute Gasteiger partial charge is 0.271 e. The van der Waals surface area contributed by atoms with Crippen molar-refractivity contribution in [3.63, 3.8) is 0 Å². The largest absolute Gasteiger partial charge is 0.494 e. The standard InChI is InChI=1S/C23H32N4O6S/c1-4-32-17-7-5-16(6-8-17)18-13-19(25-24-18)21(28)27-11-9-23(10-12-27)14-20(26-34(3,30)31)22(2,29)15-33-23/h5-8,13,20,26,29H,4,9-12,14-15H2,1-3H3,(H,24,25)/t20-,22-/m0/s1. The minimum Gasteiger partial charge on any atom is -0.494 e. The molecule has 1 spiro atoms. The van der Waals surface area contributed by atoms with Gasteiger partial charge in [0.05, 0.1) is 36.8 Å². The van der Waals surface area contributed by atoms with Crippen LogP contribution in [0.25, 0.3) is 11.3 Å². The van der Waals surface area contributed by atoms with Crippen molar-refractivity contribution in [2.75, 3.05) is 32.6 Å². The minimum absolute atomic E-state index is 0.0279. The van der Waals surface area contributed by atoms with E-state index < -0.39 is 27.3 Å². The summed E-state index contributed by atoms with van der Waals surface area (Å²) < 4.78 is 37.6. The van der Waals surface area contributed by atoms with Gasteiger partial charge in [0.15, 0.2) is 0 Å². The number of sulfonamides is 1. The second-order valence-electron chi connectivity index (χ2n) is 9.39. The molecule has 2 saturated heterocycles. The fraction of sp³-hybridized carbons (Fsp3) is 0.565. The number of hydrogen-bond donors (Lipinski definition) is 3. The average molecular weight is 493 g/mol. The molecule has 3 heterocycles. The van der Waals surface area contributed by atoms with Gasteiger partial charge >= 0.3 is 0 Å². The first-order valence-corrected chi connectivity index (χ1v) is 13.3. The van der Waals surface area contributed by atoms with Crippen LogP contribution in [-0.2, 0) is 14.8 Å². The first-order chi connectivity index (χ1) is 16.0. The van der Waals surface area contributed by atoms with Crippen LogP contribution in [0.3, 0.4) is 0 Å². The number of aromatic nitrogens is 2. The summed E-state index contributed by atoms with van der Waals surface area (Å²) in [5.41, 5.74) is 0.0805. The van der Waals surface area contributed by atoms with Gasteiger partial charge in [0.25, 0.3) is 5.91 Å². The Hall–Kier alpha value is -2.47. The average Bonchev–Trinajstić information content (AvgIpc) is 3.27. The lowest BCUT2D eigenvalue weighted by Crippen LogP contribution is -2.64. The Morgan fingerprint density at radius 1 is 1.32 bits per heavy atom. The van der Waals surface area contributed by atoms with E-state index in [0.717, 1.165) is 17.6 Å². The molecule has 11 heteroatoms. The molecule has 186 valence electrons. The molecule has 0 radical (unpaired) electrons. The van der Waals surface area contributed by atoms with Crippen molar-refractivity contribution in [3.05, 3.63) is 36.0 Å². The lowest BCUT2D eigenvalue weighted by molar-refractivity contribution is -0.187. The molecule has 0 bridgehead atoms. The van der Waals surface area contributed by atoms with Crippen LogP contribution in [0.4, 0.5) is 0 Å². The van der Waals surface area contributed by atoms with Gasteiger partial charge in [-0.1, -0.05) is 0 Å². The van der Waals surface area contributed by atoms with E-state index in [4.69, 9.17) is 9.47 Å². The molecule has 2 fully saturated rings. The van der Waals surface area contributed by atoms with E-state index in [1.54, 1.807) is 17.9 Å². The molecule has 10 nitrogen and oxygen atoms in total. The highest BCUT2D eigenvalue weighted by atomic mass is 32.2. The van der Waals surface area contributed by atoms with Crippen LogP contribution in [0.2, 0.25) is 0 Å². The van der Waals surface area contributed by atoms with Crippen molar-refractivity contribution >= 4 is 15.9 Å². The van der Waals surface area contributed by atoms with Crippen LogP contribution in [0.1, 0.15) is 43.6 Å². The molecule has 0 unspecified atom stereocenters. The summed E-state index contributed by atoms with van der Waals surface area (Å²) in [5, 5.41) is 17.7. The highest BCUT2D eigenvalue weighted by Gasteiger charge is 2.49. The summed E-state index contributed by atoms with van der Waals surface area (Å²) in [6.45, 7) is 5.04. The zero-order valence-corrected chi connectivity index (χ0v) is 20.5. The van der Waals surface area contributed by atoms with Crippen LogP contribution in [0.15, 0.2) is 30.3 Å². The molecule has 1 aromatic carbocycles. The monoisotopic (exact) mass is 492 g/mol. The van der Waals surface area contributed by atoms with E-state index in [2.05, 4.69) is 14.9 Å². The number of carbonyl (C=O) groups is 1. The number of nitrogens with zero attached hydrogens (tertiary/aromatic N) is 2. The van der Waals surface area contributed by atoms with Gasteiger partial charge in [0.1, 0.15) is 17.0 Å². The zero-order chi connectivity index (χ0) is 24.6. The number of ether oxygens (including phenoxy) is 2. The number of H-pyrrole nitrogens is 1. The van der Waals surface area contributed by atoms with Crippen LogP contribution in [-0.4, -0.2) is 84.3 Å². The summed E-state index contributed by atoms with van der Waals surface area (Å²) in [5.74, 6) is 0.633. The van der Waals surface area contributed by atoms with Gasteiger partial charge in [-0.3, -0.25) is 9.89 Å². The summed E-state index contributed by atoms with van der Waals surface area (Å²) in [6, 6.07) is 8.62. The van der Waals surface area contributed by atoms with Gasteiger partial charge in [-0.05, 0) is 63.4 Å². The van der Waals surface area contributed by atoms with Crippen LogP contribution in [0, 0.1) is 0 Å². The Kier molecular flexibility index (Phi) is 6.74. The lowest BCUT2D eigenvalue weighted by atomic mass is 9.78. The first kappa shape index (κ1) is 24.6. The molecule has 2 aliphatic rings. The molecule has 0 aliphatic carbocycles. The zero-order valence-electron chi connectivity index (χ0n) is 19.7. The topological polar surface area (TPSA) is 134 Å². The molecular weight excluding hydrogens is 460 g/mol. The third-order valence-electron chi connectivity index (χ3n) is 6.58. The van der Waals surface area contributed by atoms with Crippen molar-refractivity contribution in [1.29, 1.82) is 0 Å². The fourth-order valence-corrected chi connectivity index (χ4v) is 5.44. The molecular formula is C23H32N4O6S. The second kappa shape index (κ2) is 9.29. The Balaban J connectivity index is 1.39. The third kappa shape index (κ3) is 5.43. The van der Waals surface area contributed by atoms with Crippen molar-refractivity contribution < 1.29 is 27.8 Å². The summed E-state index contributed by atoms with van der Waals surface area (Å²) in [4.78, 5) is 14.8. The molecule has 2 aromatic rings. The first-order valence-electron chi connectivity index (χ1n) is 11.4. The van der Waals surface area contributed by atoms with Crippen molar-refractivity contribution in [1.82, 2.24) is 19.8 Å². The minimum atomic E-state index is -3.48. The summed E-state index contributed by atoms with van der Waals surface area (Å²) in [6.07, 6.45) is 2.53. The van der Waals surface area contributed by atoms with Crippen LogP contribution >= 0.6 is 0 Å². The Labute approximate surface area is 199 Å². The number of likely N-dealkylation sites (tertiary alicyclic amines) is 1. The molecule has 4 rings (SSSR count). The highest BCUT2D eigenvalue weighted by Crippen LogP contribution is 2.39. The maximum atomic E-state index is 13.1. The lowest BCUT2D eigenvalue weighted by Gasteiger charge is -2.50. The number of amides is 1. The molecule has 3 N–H and O–H groups in total. The van der Waals surface area contributed by atoms with Crippen LogP contribution < -0.4 is 9.46 Å². The molecule has 1 amide bonds. The molecule has 2 aliphatic heterocycles. The Bertz CT molecular complexity index is 1120. The SMILES string of the molecule is CCOc1ccc(-c2cc(C(=O)N3CCC4(CC3)C[C@H](NS(C)(=O)=O)[C@@](C)(O)CO4)[nH]n2)cc1. The van der Waals surface area contributed by atoms with E-state index >= 15 is 0 Å². The van der Waals surface area contributed by atoms with Gasteiger partial charge in [-0.15, -0.1) is 0 Å². The summed E-state index contributed by atoms with van der Waals surface area (Å²) in [7, 11) is -3.48. The van der Waals surface area contributed by atoms with Gasteiger partial charge in [0, 0.05) is 18.7 Å². The molecule has 0 saturated carbocycles. The maximum absolute atomic E-state index is 13.1. The van der Waals surface area contributed by atoms with Gasteiger partial charge in [-0.25, -0.2) is 13.1 Å². The van der Waals surface area contributed by atoms with Gasteiger partial charge in [-0.2, -0.15) is 5.10 Å². The van der Waals surface area contributed by atoms with Gasteiger partial charge in [0.2, 0.25) is 10.0 Å². The second-order valence-corrected chi connectivity index (χ2v) is 11.2. The van der Waals surface area contributed by atoms with E-state index in [0.29, 0.717) is 50.3 Å². The fourth-order valence-electron chi connectivity index (χ4n) is 4.58. The molecule has 34 heavy (non-hydrogen) atoms. The van der Waals surface area contributed by atoms with Crippen molar-refractivity contribution in [3.8, 4) is 17.0 Å². The highest BCUT2D eigenvalue weighted by molar-refractivity contribution is 7.88. The number of aliphatic hydroxyl groups is 1. The quantitative estimate of drug-likeness (QED) is 0.557. The molecule has 2 atom stereocenters. The number of piperidine rings is 1. The number of aromatic amines is 1. The van der Waals surface area contributed by atoms with Crippen molar-refractivity contribution in [2.24, 2.45) is 0 Å². The normalized spacial score (nSPS) is 24.8.